The van der Waals surface area contributed by atoms with Gasteiger partial charge in [0.2, 0.25) is 6.71 Å². The van der Waals surface area contributed by atoms with E-state index in [4.69, 9.17) is 23.2 Å². The lowest BCUT2D eigenvalue weighted by Gasteiger charge is -2.12. The van der Waals surface area contributed by atoms with Crippen LogP contribution in [0.4, 0.5) is 0 Å². The van der Waals surface area contributed by atoms with Gasteiger partial charge in [0, 0.05) is 29.0 Å². The molecule has 0 atom stereocenters. The molecule has 29 heavy (non-hydrogen) atoms. The third kappa shape index (κ3) is 6.25. The minimum Gasteiger partial charge on any atom is -0.337 e. The number of nitrogens with zero attached hydrogens (tertiary/aromatic N) is 2. The van der Waals surface area contributed by atoms with Gasteiger partial charge in [-0.1, -0.05) is 108 Å². The standard InChI is InChI=1S/C13H11BCl2.C11H12N2/c1-14(10-6-2-4-8-12(10)15)11-7-3-5-9-13(11)16;1-2-4-11(5-3-1)6-8-13-9-7-12-10-13/h2-9H,1H3;1-5,7,9-10H,6,8H2. The summed E-state index contributed by atoms with van der Waals surface area (Å²) in [6.45, 7) is 3.33. The molecule has 0 spiro atoms. The predicted octanol–water partition coefficient (Wildman–Crippen LogP) is 5.36. The van der Waals surface area contributed by atoms with Crippen molar-refractivity contribution in [2.75, 3.05) is 0 Å². The summed E-state index contributed by atoms with van der Waals surface area (Å²) in [5, 5.41) is 1.57. The first-order valence-corrected chi connectivity index (χ1v) is 10.4. The molecule has 0 radical (unpaired) electrons. The average molecular weight is 421 g/mol. The zero-order valence-electron chi connectivity index (χ0n) is 16.4. The monoisotopic (exact) mass is 420 g/mol. The van der Waals surface area contributed by atoms with Crippen molar-refractivity contribution in [2.24, 2.45) is 0 Å². The molecule has 0 saturated heterocycles. The van der Waals surface area contributed by atoms with Crippen LogP contribution in [0.5, 0.6) is 0 Å². The molecule has 0 aliphatic heterocycles. The van der Waals surface area contributed by atoms with Gasteiger partial charge in [-0.2, -0.15) is 0 Å². The van der Waals surface area contributed by atoms with E-state index in [2.05, 4.69) is 40.6 Å². The molecule has 4 aromatic rings. The lowest BCUT2D eigenvalue weighted by atomic mass is 9.42. The van der Waals surface area contributed by atoms with Crippen LogP contribution in [-0.2, 0) is 13.0 Å². The first-order valence-electron chi connectivity index (χ1n) is 9.63. The van der Waals surface area contributed by atoms with E-state index in [-0.39, 0.29) is 6.71 Å². The van der Waals surface area contributed by atoms with E-state index in [9.17, 15) is 0 Å². The molecule has 3 aromatic carbocycles. The van der Waals surface area contributed by atoms with Crippen molar-refractivity contribution in [1.82, 2.24) is 9.55 Å². The Morgan fingerprint density at radius 1 is 0.793 bits per heavy atom. The molecule has 0 aliphatic rings. The second-order valence-corrected chi connectivity index (χ2v) is 7.62. The Hall–Kier alpha value is -2.49. The lowest BCUT2D eigenvalue weighted by Crippen LogP contribution is -2.40. The summed E-state index contributed by atoms with van der Waals surface area (Å²) < 4.78 is 2.09. The summed E-state index contributed by atoms with van der Waals surface area (Å²) in [5.74, 6) is 0. The van der Waals surface area contributed by atoms with Gasteiger partial charge in [0.1, 0.15) is 0 Å². The minimum absolute atomic E-state index is 0.211. The highest BCUT2D eigenvalue weighted by Gasteiger charge is 2.17. The maximum absolute atomic E-state index is 6.18. The Morgan fingerprint density at radius 3 is 1.86 bits per heavy atom. The van der Waals surface area contributed by atoms with Crippen molar-refractivity contribution in [2.45, 2.75) is 19.8 Å². The van der Waals surface area contributed by atoms with E-state index in [0.29, 0.717) is 0 Å². The second kappa shape index (κ2) is 10.9. The fraction of sp³-hybridized carbons (Fsp3) is 0.125. The fourth-order valence-electron chi connectivity index (χ4n) is 3.14. The van der Waals surface area contributed by atoms with Gasteiger partial charge in [-0.05, 0) is 24.1 Å². The van der Waals surface area contributed by atoms with Gasteiger partial charge in [-0.3, -0.25) is 0 Å². The summed E-state index contributed by atoms with van der Waals surface area (Å²) in [7, 11) is 0. The second-order valence-electron chi connectivity index (χ2n) is 6.80. The maximum atomic E-state index is 6.18. The molecule has 0 bridgehead atoms. The summed E-state index contributed by atoms with van der Waals surface area (Å²) in [6, 6.07) is 26.2. The van der Waals surface area contributed by atoms with Gasteiger partial charge in [0.15, 0.2) is 0 Å². The van der Waals surface area contributed by atoms with E-state index >= 15 is 0 Å². The Labute approximate surface area is 183 Å². The summed E-state index contributed by atoms with van der Waals surface area (Å²) in [4.78, 5) is 4.00. The van der Waals surface area contributed by atoms with E-state index in [0.717, 1.165) is 33.9 Å². The molecule has 1 heterocycles. The molecule has 0 aliphatic carbocycles. The first-order chi connectivity index (χ1) is 14.1. The molecule has 0 fully saturated rings. The molecule has 146 valence electrons. The summed E-state index contributed by atoms with van der Waals surface area (Å²) >= 11 is 12.4. The molecule has 5 heteroatoms. The average Bonchev–Trinajstić information content (AvgIpc) is 3.28. The van der Waals surface area contributed by atoms with Crippen LogP contribution in [0.15, 0.2) is 97.6 Å². The number of imidazole rings is 1. The topological polar surface area (TPSA) is 17.8 Å². The number of rotatable bonds is 5. The van der Waals surface area contributed by atoms with Crippen molar-refractivity contribution in [1.29, 1.82) is 0 Å². The van der Waals surface area contributed by atoms with Crippen molar-refractivity contribution in [3.8, 4) is 0 Å². The maximum Gasteiger partial charge on any atom is 0.210 e. The largest absolute Gasteiger partial charge is 0.337 e. The first kappa shape index (κ1) is 21.2. The molecule has 1 aromatic heterocycles. The van der Waals surface area contributed by atoms with Crippen LogP contribution in [0.1, 0.15) is 5.56 Å². The third-order valence-electron chi connectivity index (χ3n) is 4.80. The molecule has 0 N–H and O–H groups in total. The van der Waals surface area contributed by atoms with Crippen molar-refractivity contribution < 1.29 is 0 Å². The zero-order chi connectivity index (χ0) is 20.5. The number of hydrogen-bond acceptors (Lipinski definition) is 1. The highest BCUT2D eigenvalue weighted by molar-refractivity contribution is 6.87. The summed E-state index contributed by atoms with van der Waals surface area (Å²) in [6.07, 6.45) is 6.72. The number of hydrogen-bond donors (Lipinski definition) is 0. The number of aromatic nitrogens is 2. The van der Waals surface area contributed by atoms with Crippen LogP contribution in [0.25, 0.3) is 0 Å². The van der Waals surface area contributed by atoms with Crippen LogP contribution < -0.4 is 10.9 Å². The fourth-order valence-corrected chi connectivity index (χ4v) is 3.74. The van der Waals surface area contributed by atoms with Gasteiger partial charge in [0.25, 0.3) is 0 Å². The summed E-state index contributed by atoms with van der Waals surface area (Å²) in [5.41, 5.74) is 3.59. The number of halogens is 2. The molecule has 4 rings (SSSR count). The van der Waals surface area contributed by atoms with Crippen LogP contribution in [-0.4, -0.2) is 16.3 Å². The third-order valence-corrected chi connectivity index (χ3v) is 5.49. The smallest absolute Gasteiger partial charge is 0.210 e. The molecule has 2 nitrogen and oxygen atoms in total. The molecule has 0 unspecified atom stereocenters. The minimum atomic E-state index is 0.211. The Morgan fingerprint density at radius 2 is 1.34 bits per heavy atom. The van der Waals surface area contributed by atoms with Crippen LogP contribution >= 0.6 is 23.2 Å². The molecule has 0 saturated carbocycles. The van der Waals surface area contributed by atoms with Gasteiger partial charge in [-0.25, -0.2) is 4.98 Å². The van der Waals surface area contributed by atoms with E-state index in [1.54, 1.807) is 0 Å². The highest BCUT2D eigenvalue weighted by atomic mass is 35.5. The van der Waals surface area contributed by atoms with Gasteiger partial charge < -0.3 is 4.57 Å². The Kier molecular flexibility index (Phi) is 7.98. The van der Waals surface area contributed by atoms with Crippen LogP contribution in [0.2, 0.25) is 16.9 Å². The SMILES string of the molecule is CB(c1ccccc1Cl)c1ccccc1Cl.c1ccc(CCn2ccnc2)cc1. The van der Waals surface area contributed by atoms with Gasteiger partial charge in [0.05, 0.1) is 6.33 Å². The highest BCUT2D eigenvalue weighted by Crippen LogP contribution is 2.09. The van der Waals surface area contributed by atoms with Crippen LogP contribution in [0, 0.1) is 0 Å². The normalized spacial score (nSPS) is 10.2. The lowest BCUT2D eigenvalue weighted by molar-refractivity contribution is 0.696. The van der Waals surface area contributed by atoms with E-state index in [1.165, 1.54) is 5.56 Å². The van der Waals surface area contributed by atoms with E-state index < -0.39 is 0 Å². The predicted molar refractivity (Wildman–Crippen MR) is 126 cm³/mol. The Balaban J connectivity index is 0.000000169. The van der Waals surface area contributed by atoms with Crippen LogP contribution in [0.3, 0.4) is 0 Å². The zero-order valence-corrected chi connectivity index (χ0v) is 17.9. The number of benzene rings is 3. The quantitative estimate of drug-likeness (QED) is 0.397. The number of aryl methyl sites for hydroxylation is 2. The van der Waals surface area contributed by atoms with Gasteiger partial charge in [-0.15, -0.1) is 0 Å². The van der Waals surface area contributed by atoms with Crippen molar-refractivity contribution >= 4 is 40.8 Å². The molecular weight excluding hydrogens is 398 g/mol. The van der Waals surface area contributed by atoms with Crippen molar-refractivity contribution in [3.05, 3.63) is 113 Å². The molecule has 0 amide bonds. The van der Waals surface area contributed by atoms with E-state index in [1.807, 2.05) is 73.3 Å². The van der Waals surface area contributed by atoms with Gasteiger partial charge >= 0.3 is 0 Å². The Bertz CT molecular complexity index is 959. The molecular formula is C24H23BCl2N2. The van der Waals surface area contributed by atoms with Crippen molar-refractivity contribution in [3.63, 3.8) is 0 Å².